The van der Waals surface area contributed by atoms with Crippen LogP contribution in [0.1, 0.15) is 71.6 Å². The van der Waals surface area contributed by atoms with Gasteiger partial charge in [0.1, 0.15) is 0 Å². The van der Waals surface area contributed by atoms with E-state index in [1.54, 1.807) is 25.7 Å². The average Bonchev–Trinajstić information content (AvgIpc) is 2.94. The van der Waals surface area contributed by atoms with Gasteiger partial charge in [-0.3, -0.25) is 0 Å². The molecule has 2 fully saturated rings. The molecule has 1 heteroatoms. The van der Waals surface area contributed by atoms with Crippen molar-refractivity contribution in [1.82, 2.24) is 5.32 Å². The number of fused-ring (bicyclic) bond motifs is 2. The Balaban J connectivity index is 1.75. The number of hydrogen-bond acceptors (Lipinski definition) is 1. The predicted octanol–water partition coefficient (Wildman–Crippen LogP) is 4.37. The molecule has 4 unspecified atom stereocenters. The molecular weight excluding hydrogens is 206 g/mol. The molecule has 2 rings (SSSR count). The topological polar surface area (TPSA) is 12.0 Å². The summed E-state index contributed by atoms with van der Waals surface area (Å²) in [5, 5.41) is 3.79. The molecule has 0 aromatic heterocycles. The first-order valence-corrected chi connectivity index (χ1v) is 8.06. The Labute approximate surface area is 108 Å². The summed E-state index contributed by atoms with van der Waals surface area (Å²) in [7, 11) is 0. The van der Waals surface area contributed by atoms with Gasteiger partial charge in [0.05, 0.1) is 0 Å². The molecule has 0 radical (unpaired) electrons. The molecule has 1 nitrogen and oxygen atoms in total. The van der Waals surface area contributed by atoms with Gasteiger partial charge in [-0.15, -0.1) is 0 Å². The lowest BCUT2D eigenvalue weighted by molar-refractivity contribution is 0.269. The Morgan fingerprint density at radius 3 is 2.59 bits per heavy atom. The molecular formula is C16H31N. The maximum absolute atomic E-state index is 3.79. The molecule has 2 aliphatic rings. The molecule has 0 aromatic rings. The third kappa shape index (κ3) is 3.71. The van der Waals surface area contributed by atoms with Gasteiger partial charge >= 0.3 is 0 Å². The third-order valence-electron chi connectivity index (χ3n) is 5.06. The number of nitrogens with one attached hydrogen (secondary N) is 1. The fourth-order valence-electron chi connectivity index (χ4n) is 4.13. The lowest BCUT2D eigenvalue weighted by Crippen LogP contribution is -2.33. The molecule has 0 spiro atoms. The molecule has 0 aromatic carbocycles. The summed E-state index contributed by atoms with van der Waals surface area (Å²) < 4.78 is 0. The van der Waals surface area contributed by atoms with Crippen molar-refractivity contribution in [3.63, 3.8) is 0 Å². The maximum Gasteiger partial charge on any atom is 0.00698 e. The van der Waals surface area contributed by atoms with Crippen molar-refractivity contribution < 1.29 is 0 Å². The van der Waals surface area contributed by atoms with Crippen molar-refractivity contribution in [2.45, 2.75) is 77.7 Å². The summed E-state index contributed by atoms with van der Waals surface area (Å²) in [5.74, 6) is 3.29. The van der Waals surface area contributed by atoms with Gasteiger partial charge in [0.25, 0.3) is 0 Å². The van der Waals surface area contributed by atoms with E-state index >= 15 is 0 Å². The summed E-state index contributed by atoms with van der Waals surface area (Å²) in [6, 6.07) is 0.819. The van der Waals surface area contributed by atoms with Crippen LogP contribution in [0.3, 0.4) is 0 Å². The lowest BCUT2D eigenvalue weighted by Gasteiger charge is -2.27. The molecule has 2 bridgehead atoms. The Morgan fingerprint density at radius 2 is 2.00 bits per heavy atom. The predicted molar refractivity (Wildman–Crippen MR) is 75.2 cm³/mol. The first kappa shape index (κ1) is 13.4. The summed E-state index contributed by atoms with van der Waals surface area (Å²) in [6.07, 6.45) is 13.1. The zero-order valence-electron chi connectivity index (χ0n) is 11.9. The van der Waals surface area contributed by atoms with Crippen molar-refractivity contribution >= 4 is 0 Å². The van der Waals surface area contributed by atoms with Crippen LogP contribution in [0.15, 0.2) is 0 Å². The van der Waals surface area contributed by atoms with E-state index in [4.69, 9.17) is 0 Å². The zero-order chi connectivity index (χ0) is 12.1. The van der Waals surface area contributed by atoms with Gasteiger partial charge in [-0.1, -0.05) is 33.1 Å². The minimum absolute atomic E-state index is 0.819. The fraction of sp³-hybridized carbons (Fsp3) is 1.00. The molecule has 0 amide bonds. The van der Waals surface area contributed by atoms with E-state index in [0.29, 0.717) is 0 Å². The second-order valence-corrected chi connectivity index (χ2v) is 6.46. The number of unbranched alkanes of at least 4 members (excludes halogenated alkanes) is 1. The molecule has 0 aliphatic heterocycles. The van der Waals surface area contributed by atoms with Gasteiger partial charge < -0.3 is 5.32 Å². The van der Waals surface area contributed by atoms with Gasteiger partial charge in [-0.2, -0.15) is 0 Å². The molecule has 17 heavy (non-hydrogen) atoms. The minimum Gasteiger partial charge on any atom is -0.314 e. The molecule has 2 saturated carbocycles. The maximum atomic E-state index is 3.79. The van der Waals surface area contributed by atoms with E-state index in [2.05, 4.69) is 19.2 Å². The first-order chi connectivity index (χ1) is 8.33. The Hall–Kier alpha value is -0.0400. The van der Waals surface area contributed by atoms with Gasteiger partial charge in [-0.05, 0) is 62.8 Å². The third-order valence-corrected chi connectivity index (χ3v) is 5.06. The highest BCUT2D eigenvalue weighted by Gasteiger charge is 2.39. The highest BCUT2D eigenvalue weighted by atomic mass is 14.9. The van der Waals surface area contributed by atoms with Gasteiger partial charge in [-0.25, -0.2) is 0 Å². The molecule has 2 aliphatic carbocycles. The average molecular weight is 237 g/mol. The van der Waals surface area contributed by atoms with Crippen molar-refractivity contribution in [2.75, 3.05) is 6.54 Å². The van der Waals surface area contributed by atoms with Crippen molar-refractivity contribution in [3.05, 3.63) is 0 Å². The van der Waals surface area contributed by atoms with E-state index < -0.39 is 0 Å². The van der Waals surface area contributed by atoms with E-state index in [1.807, 2.05) is 0 Å². The normalized spacial score (nSPS) is 33.2. The monoisotopic (exact) mass is 237 g/mol. The highest BCUT2D eigenvalue weighted by Crippen LogP contribution is 2.50. The van der Waals surface area contributed by atoms with Crippen LogP contribution in [0.5, 0.6) is 0 Å². The Bertz CT molecular complexity index is 206. The largest absolute Gasteiger partial charge is 0.314 e. The summed E-state index contributed by atoms with van der Waals surface area (Å²) in [4.78, 5) is 0. The number of rotatable bonds is 8. The molecule has 4 atom stereocenters. The van der Waals surface area contributed by atoms with E-state index in [-0.39, 0.29) is 0 Å². The smallest absolute Gasteiger partial charge is 0.00698 e. The van der Waals surface area contributed by atoms with Crippen LogP contribution in [0, 0.1) is 17.8 Å². The highest BCUT2D eigenvalue weighted by molar-refractivity contribution is 4.91. The molecule has 100 valence electrons. The van der Waals surface area contributed by atoms with Crippen LogP contribution in [-0.4, -0.2) is 12.6 Å². The number of hydrogen-bond donors (Lipinski definition) is 1. The Kier molecular flexibility index (Phi) is 5.34. The summed E-state index contributed by atoms with van der Waals surface area (Å²) in [6.45, 7) is 5.81. The summed E-state index contributed by atoms with van der Waals surface area (Å²) >= 11 is 0. The van der Waals surface area contributed by atoms with Gasteiger partial charge in [0.2, 0.25) is 0 Å². The van der Waals surface area contributed by atoms with Gasteiger partial charge in [0.15, 0.2) is 0 Å². The van der Waals surface area contributed by atoms with Crippen LogP contribution in [0.4, 0.5) is 0 Å². The van der Waals surface area contributed by atoms with E-state index in [9.17, 15) is 0 Å². The van der Waals surface area contributed by atoms with E-state index in [0.717, 1.165) is 23.8 Å². The SMILES string of the molecule is CCCCC(CC1CC2CCC1C2)NCCC. The zero-order valence-corrected chi connectivity index (χ0v) is 11.9. The second kappa shape index (κ2) is 6.78. The van der Waals surface area contributed by atoms with Crippen LogP contribution < -0.4 is 5.32 Å². The van der Waals surface area contributed by atoms with Crippen molar-refractivity contribution in [2.24, 2.45) is 17.8 Å². The van der Waals surface area contributed by atoms with Crippen molar-refractivity contribution in [1.29, 1.82) is 0 Å². The standard InChI is InChI=1S/C16H31N/c1-3-5-6-16(17-9-4-2)12-15-11-13-7-8-14(15)10-13/h13-17H,3-12H2,1-2H3. The molecule has 1 N–H and O–H groups in total. The minimum atomic E-state index is 0.819. The quantitative estimate of drug-likeness (QED) is 0.661. The Morgan fingerprint density at radius 1 is 1.12 bits per heavy atom. The fourth-order valence-corrected chi connectivity index (χ4v) is 4.13. The first-order valence-electron chi connectivity index (χ1n) is 8.06. The molecule has 0 heterocycles. The van der Waals surface area contributed by atoms with Crippen molar-refractivity contribution in [3.8, 4) is 0 Å². The van der Waals surface area contributed by atoms with Crippen LogP contribution in [0.2, 0.25) is 0 Å². The van der Waals surface area contributed by atoms with Crippen LogP contribution in [-0.2, 0) is 0 Å². The second-order valence-electron chi connectivity index (χ2n) is 6.46. The summed E-state index contributed by atoms with van der Waals surface area (Å²) in [5.41, 5.74) is 0. The molecule has 0 saturated heterocycles. The van der Waals surface area contributed by atoms with E-state index in [1.165, 1.54) is 38.6 Å². The lowest BCUT2D eigenvalue weighted by atomic mass is 9.83. The van der Waals surface area contributed by atoms with Crippen LogP contribution in [0.25, 0.3) is 0 Å². The van der Waals surface area contributed by atoms with Crippen LogP contribution >= 0.6 is 0 Å². The van der Waals surface area contributed by atoms with Gasteiger partial charge in [0, 0.05) is 6.04 Å².